The number of anilines is 1. The van der Waals surface area contributed by atoms with E-state index in [9.17, 15) is 13.2 Å². The van der Waals surface area contributed by atoms with E-state index in [4.69, 9.17) is 0 Å². The van der Waals surface area contributed by atoms with Gasteiger partial charge in [-0.2, -0.15) is 4.31 Å². The average molecular weight is 487 g/mol. The third kappa shape index (κ3) is 5.43. The number of carbonyl (C=O) groups is 1. The molecule has 0 radical (unpaired) electrons. The first-order valence-corrected chi connectivity index (χ1v) is 13.9. The number of piperidine rings is 1. The van der Waals surface area contributed by atoms with Crippen LogP contribution in [-0.4, -0.2) is 31.7 Å². The average Bonchev–Trinajstić information content (AvgIpc) is 3.36. The van der Waals surface area contributed by atoms with Crippen molar-refractivity contribution in [1.82, 2.24) is 4.31 Å². The second-order valence-electron chi connectivity index (χ2n) is 7.87. The van der Waals surface area contributed by atoms with Gasteiger partial charge in [-0.3, -0.25) is 4.79 Å². The number of thiophene rings is 1. The van der Waals surface area contributed by atoms with Crippen LogP contribution in [0, 0.1) is 12.8 Å². The molecule has 0 unspecified atom stereocenters. The molecule has 4 rings (SSSR count). The first-order valence-electron chi connectivity index (χ1n) is 10.6. The molecular formula is C24H26N2O3S3. The summed E-state index contributed by atoms with van der Waals surface area (Å²) in [5.41, 5.74) is 2.98. The summed E-state index contributed by atoms with van der Waals surface area (Å²) in [7, 11) is -3.53. The lowest BCUT2D eigenvalue weighted by Crippen LogP contribution is -2.43. The maximum Gasteiger partial charge on any atom is 0.252 e. The molecule has 2 heterocycles. The molecule has 5 nitrogen and oxygen atoms in total. The number of carbonyl (C=O) groups excluding carboxylic acids is 1. The molecule has 1 aromatic heterocycles. The number of hydrogen-bond donors (Lipinski definition) is 1. The fraction of sp³-hybridized carbons (Fsp3) is 0.292. The number of sulfonamides is 1. The Kier molecular flexibility index (Phi) is 7.35. The third-order valence-corrected chi connectivity index (χ3v) is 9.86. The number of aryl methyl sites for hydroxylation is 1. The molecule has 1 amide bonds. The molecule has 8 heteroatoms. The number of benzene rings is 2. The van der Waals surface area contributed by atoms with E-state index < -0.39 is 10.0 Å². The number of nitrogens with zero attached hydrogens (tertiary/aromatic N) is 1. The first-order chi connectivity index (χ1) is 15.4. The van der Waals surface area contributed by atoms with E-state index in [0.29, 0.717) is 23.6 Å². The largest absolute Gasteiger partial charge is 0.326 e. The first kappa shape index (κ1) is 23.0. The summed E-state index contributed by atoms with van der Waals surface area (Å²) < 4.78 is 27.4. The SMILES string of the molecule is Cc1cc(CSc2ccccc2)ccc1NC(=O)[C@@H]1CCCN(S(=O)(=O)c2cccs2)C1. The van der Waals surface area contributed by atoms with Crippen LogP contribution in [0.3, 0.4) is 0 Å². The van der Waals surface area contributed by atoms with E-state index in [1.807, 2.05) is 37.3 Å². The van der Waals surface area contributed by atoms with Crippen LogP contribution in [0.15, 0.2) is 75.1 Å². The highest BCUT2D eigenvalue weighted by Crippen LogP contribution is 2.28. The Morgan fingerprint density at radius 3 is 2.69 bits per heavy atom. The van der Waals surface area contributed by atoms with Gasteiger partial charge in [0.2, 0.25) is 5.91 Å². The zero-order chi connectivity index (χ0) is 22.6. The highest BCUT2D eigenvalue weighted by atomic mass is 32.2. The Hall–Kier alpha value is -2.13. The Morgan fingerprint density at radius 2 is 1.97 bits per heavy atom. The van der Waals surface area contributed by atoms with E-state index >= 15 is 0 Å². The van der Waals surface area contributed by atoms with Gasteiger partial charge in [0.05, 0.1) is 5.92 Å². The molecule has 0 saturated carbocycles. The van der Waals surface area contributed by atoms with Gasteiger partial charge in [0, 0.05) is 29.4 Å². The van der Waals surface area contributed by atoms with Crippen molar-refractivity contribution in [2.75, 3.05) is 18.4 Å². The minimum atomic E-state index is -3.53. The van der Waals surface area contributed by atoms with Crippen LogP contribution >= 0.6 is 23.1 Å². The predicted molar refractivity (Wildman–Crippen MR) is 132 cm³/mol. The minimum absolute atomic E-state index is 0.120. The smallest absolute Gasteiger partial charge is 0.252 e. The van der Waals surface area contributed by atoms with Crippen LogP contribution in [-0.2, 0) is 20.6 Å². The van der Waals surface area contributed by atoms with Gasteiger partial charge in [0.15, 0.2) is 0 Å². The van der Waals surface area contributed by atoms with Crippen molar-refractivity contribution in [3.63, 3.8) is 0 Å². The van der Waals surface area contributed by atoms with Crippen LogP contribution in [0.5, 0.6) is 0 Å². The molecule has 1 aliphatic heterocycles. The lowest BCUT2D eigenvalue weighted by molar-refractivity contribution is -0.120. The zero-order valence-electron chi connectivity index (χ0n) is 17.9. The number of thioether (sulfide) groups is 1. The van der Waals surface area contributed by atoms with Crippen molar-refractivity contribution in [1.29, 1.82) is 0 Å². The van der Waals surface area contributed by atoms with Crippen LogP contribution < -0.4 is 5.32 Å². The van der Waals surface area contributed by atoms with Crippen LogP contribution in [0.25, 0.3) is 0 Å². The molecule has 1 fully saturated rings. The van der Waals surface area contributed by atoms with E-state index in [1.165, 1.54) is 26.1 Å². The molecule has 0 bridgehead atoms. The molecule has 1 aliphatic rings. The lowest BCUT2D eigenvalue weighted by Gasteiger charge is -2.31. The maximum atomic E-state index is 12.9. The second kappa shape index (κ2) is 10.2. The van der Waals surface area contributed by atoms with Gasteiger partial charge in [-0.15, -0.1) is 23.1 Å². The molecule has 3 aromatic rings. The summed E-state index contributed by atoms with van der Waals surface area (Å²) in [5.74, 6) is 0.383. The summed E-state index contributed by atoms with van der Waals surface area (Å²) in [6.07, 6.45) is 1.37. The van der Waals surface area contributed by atoms with Crippen LogP contribution in [0.4, 0.5) is 5.69 Å². The number of rotatable bonds is 7. The van der Waals surface area contributed by atoms with Crippen molar-refractivity contribution in [3.8, 4) is 0 Å². The van der Waals surface area contributed by atoms with E-state index in [-0.39, 0.29) is 18.4 Å². The van der Waals surface area contributed by atoms with Crippen molar-refractivity contribution in [2.45, 2.75) is 34.6 Å². The Bertz CT molecular complexity index is 1160. The van der Waals surface area contributed by atoms with Crippen molar-refractivity contribution in [2.24, 2.45) is 5.92 Å². The zero-order valence-corrected chi connectivity index (χ0v) is 20.3. The normalized spacial score (nSPS) is 17.2. The summed E-state index contributed by atoms with van der Waals surface area (Å²) in [6.45, 7) is 2.66. The van der Waals surface area contributed by atoms with Gasteiger partial charge in [0.1, 0.15) is 4.21 Å². The molecule has 1 atom stereocenters. The third-order valence-electron chi connectivity index (χ3n) is 5.54. The fourth-order valence-electron chi connectivity index (χ4n) is 3.79. The standard InChI is InChI=1S/C24H26N2O3S3/c1-18-15-19(17-31-21-8-3-2-4-9-21)11-12-22(18)25-24(27)20-7-5-13-26(16-20)32(28,29)23-10-6-14-30-23/h2-4,6,8-12,14-15,20H,5,7,13,16-17H2,1H3,(H,25,27)/t20-/m1/s1. The highest BCUT2D eigenvalue weighted by molar-refractivity contribution is 7.98. The Labute approximate surface area is 197 Å². The molecule has 32 heavy (non-hydrogen) atoms. The van der Waals surface area contributed by atoms with Crippen molar-refractivity contribution < 1.29 is 13.2 Å². The molecule has 168 valence electrons. The molecule has 0 spiro atoms. The maximum absolute atomic E-state index is 12.9. The van der Waals surface area contributed by atoms with Crippen LogP contribution in [0.2, 0.25) is 0 Å². The lowest BCUT2D eigenvalue weighted by atomic mass is 9.98. The topological polar surface area (TPSA) is 66.5 Å². The molecule has 1 saturated heterocycles. The molecule has 0 aliphatic carbocycles. The van der Waals surface area contributed by atoms with Gasteiger partial charge >= 0.3 is 0 Å². The quantitative estimate of drug-likeness (QED) is 0.455. The second-order valence-corrected chi connectivity index (χ2v) is 12.0. The highest BCUT2D eigenvalue weighted by Gasteiger charge is 2.33. The molecule has 2 aromatic carbocycles. The van der Waals surface area contributed by atoms with E-state index in [0.717, 1.165) is 17.0 Å². The van der Waals surface area contributed by atoms with Gasteiger partial charge in [-0.25, -0.2) is 8.42 Å². The van der Waals surface area contributed by atoms with Crippen molar-refractivity contribution in [3.05, 3.63) is 77.2 Å². The predicted octanol–water partition coefficient (Wildman–Crippen LogP) is 5.39. The number of amides is 1. The van der Waals surface area contributed by atoms with Gasteiger partial charge in [0.25, 0.3) is 10.0 Å². The summed E-state index contributed by atoms with van der Waals surface area (Å²) in [4.78, 5) is 14.2. The summed E-state index contributed by atoms with van der Waals surface area (Å²) in [5, 5.41) is 4.78. The van der Waals surface area contributed by atoms with E-state index in [2.05, 4.69) is 23.5 Å². The monoisotopic (exact) mass is 486 g/mol. The summed E-state index contributed by atoms with van der Waals surface area (Å²) >= 11 is 2.99. The van der Waals surface area contributed by atoms with Gasteiger partial charge in [-0.1, -0.05) is 36.4 Å². The van der Waals surface area contributed by atoms with Gasteiger partial charge in [-0.05, 0) is 60.5 Å². The van der Waals surface area contributed by atoms with Gasteiger partial charge < -0.3 is 5.32 Å². The van der Waals surface area contributed by atoms with Crippen molar-refractivity contribution >= 4 is 44.7 Å². The number of nitrogens with one attached hydrogen (secondary N) is 1. The Balaban J connectivity index is 1.38. The summed E-state index contributed by atoms with van der Waals surface area (Å²) in [6, 6.07) is 19.7. The molecular weight excluding hydrogens is 460 g/mol. The molecule has 1 N–H and O–H groups in total. The fourth-order valence-corrected chi connectivity index (χ4v) is 7.32. The minimum Gasteiger partial charge on any atom is -0.326 e. The Morgan fingerprint density at radius 1 is 1.16 bits per heavy atom. The van der Waals surface area contributed by atoms with Crippen LogP contribution in [0.1, 0.15) is 24.0 Å². The number of hydrogen-bond acceptors (Lipinski definition) is 5. The van der Waals surface area contributed by atoms with E-state index in [1.54, 1.807) is 29.3 Å².